The summed E-state index contributed by atoms with van der Waals surface area (Å²) in [6.07, 6.45) is 4.33. The first-order valence-corrected chi connectivity index (χ1v) is 8.85. The number of piperidine rings is 1. The molecule has 2 heterocycles. The van der Waals surface area contributed by atoms with Gasteiger partial charge in [0.2, 0.25) is 0 Å². The third-order valence-corrected chi connectivity index (χ3v) is 5.80. The molecule has 2 N–H and O–H groups in total. The van der Waals surface area contributed by atoms with Crippen molar-refractivity contribution >= 4 is 29.7 Å². The van der Waals surface area contributed by atoms with Crippen LogP contribution in [0.25, 0.3) is 10.4 Å². The van der Waals surface area contributed by atoms with Gasteiger partial charge in [0.25, 0.3) is 5.91 Å². The topological polar surface area (TPSA) is 41.1 Å². The van der Waals surface area contributed by atoms with Crippen LogP contribution in [-0.4, -0.2) is 25.0 Å². The van der Waals surface area contributed by atoms with Crippen molar-refractivity contribution in [3.05, 3.63) is 46.3 Å². The Bertz CT molecular complexity index is 707. The van der Waals surface area contributed by atoms with Gasteiger partial charge in [-0.05, 0) is 55.0 Å². The predicted octanol–water partition coefficient (Wildman–Crippen LogP) is 3.42. The molecule has 1 atom stereocenters. The fraction of sp³-hybridized carbons (Fsp3) is 0.389. The number of thiophene rings is 1. The Hall–Kier alpha value is -1.36. The molecule has 122 valence electrons. The number of halogens is 1. The van der Waals surface area contributed by atoms with Crippen LogP contribution in [0.3, 0.4) is 0 Å². The minimum absolute atomic E-state index is 0. The minimum Gasteiger partial charge on any atom is -0.347 e. The lowest BCUT2D eigenvalue weighted by molar-refractivity contribution is 0.0935. The number of hydrogen-bond donors (Lipinski definition) is 2. The molecule has 4 rings (SSSR count). The second-order valence-electron chi connectivity index (χ2n) is 6.14. The standard InChI is InChI=1S/C18H20N2OS.ClH/c21-18(20-14-5-3-9-19-11-14)16-10-13-8-7-12-4-1-2-6-15(12)17(13)22-16;/h1-2,4,6,10,14,19H,3,5,7-9,11H2,(H,20,21);1H. The zero-order valence-electron chi connectivity index (χ0n) is 12.9. The van der Waals surface area contributed by atoms with Crippen molar-refractivity contribution in [3.8, 4) is 10.4 Å². The largest absolute Gasteiger partial charge is 0.347 e. The van der Waals surface area contributed by atoms with Gasteiger partial charge in [-0.2, -0.15) is 0 Å². The molecule has 1 fully saturated rings. The van der Waals surface area contributed by atoms with Gasteiger partial charge in [0.05, 0.1) is 4.88 Å². The van der Waals surface area contributed by atoms with E-state index < -0.39 is 0 Å². The lowest BCUT2D eigenvalue weighted by atomic mass is 9.91. The van der Waals surface area contributed by atoms with Crippen molar-refractivity contribution in [2.24, 2.45) is 0 Å². The van der Waals surface area contributed by atoms with Gasteiger partial charge in [-0.25, -0.2) is 0 Å². The van der Waals surface area contributed by atoms with Gasteiger partial charge in [-0.3, -0.25) is 4.79 Å². The molecular weight excluding hydrogens is 328 g/mol. The van der Waals surface area contributed by atoms with Crippen LogP contribution >= 0.6 is 23.7 Å². The van der Waals surface area contributed by atoms with E-state index in [0.29, 0.717) is 0 Å². The van der Waals surface area contributed by atoms with Gasteiger partial charge in [0, 0.05) is 17.5 Å². The third-order valence-electron chi connectivity index (χ3n) is 4.59. The van der Waals surface area contributed by atoms with E-state index in [9.17, 15) is 4.79 Å². The number of carbonyl (C=O) groups excluding carboxylic acids is 1. The molecule has 1 amide bonds. The number of hydrogen-bond acceptors (Lipinski definition) is 3. The van der Waals surface area contributed by atoms with Crippen molar-refractivity contribution in [3.63, 3.8) is 0 Å². The number of rotatable bonds is 2. The number of fused-ring (bicyclic) bond motifs is 3. The Morgan fingerprint density at radius 2 is 2.04 bits per heavy atom. The lowest BCUT2D eigenvalue weighted by Gasteiger charge is -2.23. The highest BCUT2D eigenvalue weighted by atomic mass is 35.5. The van der Waals surface area contributed by atoms with Crippen LogP contribution in [0, 0.1) is 0 Å². The van der Waals surface area contributed by atoms with Crippen LogP contribution in [0.4, 0.5) is 0 Å². The SMILES string of the molecule is Cl.O=C(NC1CCCNC1)c1cc2c(s1)-c1ccccc1CC2. The van der Waals surface area contributed by atoms with Crippen molar-refractivity contribution in [1.82, 2.24) is 10.6 Å². The Kier molecular flexibility index (Phi) is 5.05. The fourth-order valence-electron chi connectivity index (χ4n) is 3.42. The van der Waals surface area contributed by atoms with E-state index in [2.05, 4.69) is 41.0 Å². The van der Waals surface area contributed by atoms with E-state index in [0.717, 1.165) is 43.6 Å². The second-order valence-corrected chi connectivity index (χ2v) is 7.19. The Morgan fingerprint density at radius 1 is 1.22 bits per heavy atom. The average Bonchev–Trinajstić information content (AvgIpc) is 3.00. The van der Waals surface area contributed by atoms with Gasteiger partial charge in [-0.1, -0.05) is 24.3 Å². The number of nitrogens with one attached hydrogen (secondary N) is 2. The Balaban J connectivity index is 0.00000156. The van der Waals surface area contributed by atoms with E-state index in [1.165, 1.54) is 21.6 Å². The van der Waals surface area contributed by atoms with E-state index in [4.69, 9.17) is 0 Å². The average molecular weight is 349 g/mol. The highest BCUT2D eigenvalue weighted by Crippen LogP contribution is 2.39. The number of carbonyl (C=O) groups is 1. The van der Waals surface area contributed by atoms with Gasteiger partial charge in [0.15, 0.2) is 0 Å². The summed E-state index contributed by atoms with van der Waals surface area (Å²) >= 11 is 1.64. The summed E-state index contributed by atoms with van der Waals surface area (Å²) in [6.45, 7) is 1.95. The smallest absolute Gasteiger partial charge is 0.261 e. The summed E-state index contributed by atoms with van der Waals surface area (Å²) in [5.41, 5.74) is 4.04. The summed E-state index contributed by atoms with van der Waals surface area (Å²) in [5.74, 6) is 0.0885. The minimum atomic E-state index is 0. The molecule has 5 heteroatoms. The maximum Gasteiger partial charge on any atom is 0.261 e. The molecule has 1 aromatic heterocycles. The molecule has 2 aliphatic rings. The summed E-state index contributed by atoms with van der Waals surface area (Å²) in [5, 5.41) is 6.52. The van der Waals surface area contributed by atoms with E-state index in [1.54, 1.807) is 11.3 Å². The summed E-state index contributed by atoms with van der Waals surface area (Å²) in [7, 11) is 0. The summed E-state index contributed by atoms with van der Waals surface area (Å²) in [4.78, 5) is 14.7. The van der Waals surface area contributed by atoms with Crippen molar-refractivity contribution in [1.29, 1.82) is 0 Å². The highest BCUT2D eigenvalue weighted by Gasteiger charge is 2.23. The molecule has 23 heavy (non-hydrogen) atoms. The molecule has 1 aliphatic heterocycles. The molecule has 1 aromatic carbocycles. The zero-order chi connectivity index (χ0) is 14.9. The summed E-state index contributed by atoms with van der Waals surface area (Å²) in [6, 6.07) is 10.9. The monoisotopic (exact) mass is 348 g/mol. The molecule has 0 radical (unpaired) electrons. The van der Waals surface area contributed by atoms with Crippen LogP contribution < -0.4 is 10.6 Å². The van der Waals surface area contributed by atoms with Crippen LogP contribution in [0.1, 0.15) is 33.6 Å². The predicted molar refractivity (Wildman–Crippen MR) is 97.8 cm³/mol. The first kappa shape index (κ1) is 16.5. The molecule has 3 nitrogen and oxygen atoms in total. The molecule has 2 aromatic rings. The first-order chi connectivity index (χ1) is 10.8. The van der Waals surface area contributed by atoms with Crippen molar-refractivity contribution in [2.75, 3.05) is 13.1 Å². The van der Waals surface area contributed by atoms with Gasteiger partial charge in [0.1, 0.15) is 0 Å². The molecule has 0 saturated carbocycles. The zero-order valence-corrected chi connectivity index (χ0v) is 14.6. The quantitative estimate of drug-likeness (QED) is 0.873. The second kappa shape index (κ2) is 7.04. The van der Waals surface area contributed by atoms with E-state index in [-0.39, 0.29) is 24.4 Å². The van der Waals surface area contributed by atoms with Gasteiger partial charge in [-0.15, -0.1) is 23.7 Å². The molecule has 1 aliphatic carbocycles. The van der Waals surface area contributed by atoms with E-state index in [1.807, 2.05) is 0 Å². The van der Waals surface area contributed by atoms with E-state index >= 15 is 0 Å². The van der Waals surface area contributed by atoms with Crippen molar-refractivity contribution < 1.29 is 4.79 Å². The first-order valence-electron chi connectivity index (χ1n) is 8.04. The number of benzene rings is 1. The highest BCUT2D eigenvalue weighted by molar-refractivity contribution is 7.17. The van der Waals surface area contributed by atoms with Gasteiger partial charge < -0.3 is 10.6 Å². The fourth-order valence-corrected chi connectivity index (χ4v) is 4.59. The summed E-state index contributed by atoms with van der Waals surface area (Å²) < 4.78 is 0. The van der Waals surface area contributed by atoms with Crippen LogP contribution in [0.2, 0.25) is 0 Å². The Labute approximate surface area is 146 Å². The number of amides is 1. The van der Waals surface area contributed by atoms with Crippen molar-refractivity contribution in [2.45, 2.75) is 31.7 Å². The van der Waals surface area contributed by atoms with Crippen LogP contribution in [0.5, 0.6) is 0 Å². The maximum absolute atomic E-state index is 12.5. The molecule has 1 unspecified atom stereocenters. The molecule has 0 spiro atoms. The molecule has 1 saturated heterocycles. The Morgan fingerprint density at radius 3 is 2.87 bits per heavy atom. The third kappa shape index (κ3) is 3.30. The lowest BCUT2D eigenvalue weighted by Crippen LogP contribution is -2.45. The maximum atomic E-state index is 12.5. The normalized spacial score (nSPS) is 19.2. The van der Waals surface area contributed by atoms with Crippen LogP contribution in [-0.2, 0) is 12.8 Å². The van der Waals surface area contributed by atoms with Gasteiger partial charge >= 0.3 is 0 Å². The number of aryl methyl sites for hydroxylation is 2. The van der Waals surface area contributed by atoms with Crippen LogP contribution in [0.15, 0.2) is 30.3 Å². The molecular formula is C18H21ClN2OS. The molecule has 0 bridgehead atoms.